The van der Waals surface area contributed by atoms with Gasteiger partial charge in [-0.25, -0.2) is 0 Å². The molecule has 0 bridgehead atoms. The second-order valence-corrected chi connectivity index (χ2v) is 5.17. The number of pyridine rings is 1. The zero-order chi connectivity index (χ0) is 19.3. The summed E-state index contributed by atoms with van der Waals surface area (Å²) < 4.78 is 41.5. The zero-order valence-corrected chi connectivity index (χ0v) is 13.7. The number of nitrogens with zero attached hydrogens (tertiary/aromatic N) is 5. The number of hydrogen-bond donors (Lipinski definition) is 2. The maximum absolute atomic E-state index is 12.3. The molecule has 0 saturated heterocycles. The first-order valence-electron chi connectivity index (χ1n) is 7.30. The second kappa shape index (κ2) is 7.95. The highest BCUT2D eigenvalue weighted by molar-refractivity contribution is 5.92. The van der Waals surface area contributed by atoms with Crippen LogP contribution in [0.2, 0.25) is 0 Å². The summed E-state index contributed by atoms with van der Waals surface area (Å²) in [5, 5.41) is 19.1. The van der Waals surface area contributed by atoms with Gasteiger partial charge in [-0.1, -0.05) is 0 Å². The van der Waals surface area contributed by atoms with Gasteiger partial charge >= 0.3 is 12.2 Å². The molecule has 0 aliphatic heterocycles. The van der Waals surface area contributed by atoms with E-state index in [0.717, 1.165) is 0 Å². The average molecular weight is 371 g/mol. The Balaban J connectivity index is 2.52. The molecule has 2 aromatic rings. The predicted octanol–water partition coefficient (Wildman–Crippen LogP) is 1.59. The third-order valence-corrected chi connectivity index (χ3v) is 3.15. The van der Waals surface area contributed by atoms with Crippen molar-refractivity contribution < 1.29 is 28.1 Å². The van der Waals surface area contributed by atoms with Crippen LogP contribution >= 0.6 is 0 Å². The smallest absolute Gasteiger partial charge is 0.422 e. The van der Waals surface area contributed by atoms with Gasteiger partial charge in [-0.3, -0.25) is 9.98 Å². The van der Waals surface area contributed by atoms with Gasteiger partial charge in [0.2, 0.25) is 5.88 Å². The Morgan fingerprint density at radius 3 is 2.77 bits per heavy atom. The molecule has 26 heavy (non-hydrogen) atoms. The SMILES string of the molecule is C=N/C(=C\N(C)CCO)c1nccc2c(O)nc(OCC(F)(F)F)nc12. The summed E-state index contributed by atoms with van der Waals surface area (Å²) >= 11 is 0. The Kier molecular flexibility index (Phi) is 5.93. The van der Waals surface area contributed by atoms with Gasteiger partial charge in [0, 0.05) is 26.0 Å². The Morgan fingerprint density at radius 2 is 2.15 bits per heavy atom. The number of ether oxygens (including phenoxy) is 1. The van der Waals surface area contributed by atoms with Crippen LogP contribution in [0.1, 0.15) is 5.69 Å². The molecule has 2 aromatic heterocycles. The van der Waals surface area contributed by atoms with E-state index in [1.807, 2.05) is 0 Å². The quantitative estimate of drug-likeness (QED) is 0.713. The lowest BCUT2D eigenvalue weighted by atomic mass is 10.2. The van der Waals surface area contributed by atoms with Gasteiger partial charge in [-0.15, -0.1) is 0 Å². The average Bonchev–Trinajstić information content (AvgIpc) is 2.57. The van der Waals surface area contributed by atoms with Gasteiger partial charge < -0.3 is 19.8 Å². The van der Waals surface area contributed by atoms with Gasteiger partial charge in [0.05, 0.1) is 12.0 Å². The van der Waals surface area contributed by atoms with E-state index >= 15 is 0 Å². The van der Waals surface area contributed by atoms with Crippen LogP contribution in [0.5, 0.6) is 11.9 Å². The molecule has 0 atom stereocenters. The highest BCUT2D eigenvalue weighted by Gasteiger charge is 2.29. The molecule has 0 amide bonds. The summed E-state index contributed by atoms with van der Waals surface area (Å²) in [6.45, 7) is 2.05. The molecule has 0 fully saturated rings. The molecule has 2 N–H and O–H groups in total. The van der Waals surface area contributed by atoms with Crippen molar-refractivity contribution in [3.8, 4) is 11.9 Å². The fraction of sp³-hybridized carbons (Fsp3) is 0.333. The number of likely N-dealkylation sites (N-methyl/N-ethyl adjacent to an activating group) is 1. The van der Waals surface area contributed by atoms with E-state index in [4.69, 9.17) is 5.11 Å². The van der Waals surface area contributed by atoms with Crippen LogP contribution in [0.15, 0.2) is 23.5 Å². The first-order valence-corrected chi connectivity index (χ1v) is 7.30. The lowest BCUT2D eigenvalue weighted by Gasteiger charge is -2.14. The normalized spacial score (nSPS) is 12.3. The number of halogens is 3. The number of rotatable bonds is 7. The van der Waals surface area contributed by atoms with Gasteiger partial charge in [-0.2, -0.15) is 23.1 Å². The largest absolute Gasteiger partial charge is 0.493 e. The number of fused-ring (bicyclic) bond motifs is 1. The highest BCUT2D eigenvalue weighted by atomic mass is 19.4. The Morgan fingerprint density at radius 1 is 1.42 bits per heavy atom. The highest BCUT2D eigenvalue weighted by Crippen LogP contribution is 2.29. The summed E-state index contributed by atoms with van der Waals surface area (Å²) in [5.74, 6) is -0.553. The van der Waals surface area contributed by atoms with Gasteiger partial charge in [0.15, 0.2) is 6.61 Å². The monoisotopic (exact) mass is 371 g/mol. The first-order chi connectivity index (χ1) is 12.2. The molecule has 0 spiro atoms. The molecule has 2 rings (SSSR count). The van der Waals surface area contributed by atoms with E-state index in [2.05, 4.69) is 31.4 Å². The molecule has 8 nitrogen and oxygen atoms in total. The minimum Gasteiger partial charge on any atom is -0.493 e. The van der Waals surface area contributed by atoms with Crippen LogP contribution in [-0.4, -0.2) is 69.8 Å². The van der Waals surface area contributed by atoms with Crippen LogP contribution in [0.4, 0.5) is 13.2 Å². The third kappa shape index (κ3) is 4.79. The molecule has 140 valence electrons. The predicted molar refractivity (Wildman–Crippen MR) is 87.8 cm³/mol. The number of aromatic nitrogens is 3. The van der Waals surface area contributed by atoms with Crippen molar-refractivity contribution in [2.24, 2.45) is 4.99 Å². The van der Waals surface area contributed by atoms with E-state index < -0.39 is 24.7 Å². The summed E-state index contributed by atoms with van der Waals surface area (Å²) in [6, 6.07) is 0.758. The van der Waals surface area contributed by atoms with Crippen molar-refractivity contribution in [3.63, 3.8) is 0 Å². The molecule has 0 aliphatic rings. The van der Waals surface area contributed by atoms with E-state index in [9.17, 15) is 18.3 Å². The molecule has 0 saturated carbocycles. The zero-order valence-electron chi connectivity index (χ0n) is 13.7. The molecule has 0 aliphatic carbocycles. The van der Waals surface area contributed by atoms with Crippen molar-refractivity contribution in [1.29, 1.82) is 0 Å². The summed E-state index contributed by atoms with van der Waals surface area (Å²) in [6.07, 6.45) is -1.69. The van der Waals surface area contributed by atoms with E-state index in [0.29, 0.717) is 6.54 Å². The summed E-state index contributed by atoms with van der Waals surface area (Å²) in [4.78, 5) is 17.0. The van der Waals surface area contributed by atoms with Gasteiger partial charge in [0.25, 0.3) is 0 Å². The summed E-state index contributed by atoms with van der Waals surface area (Å²) in [7, 11) is 1.68. The third-order valence-electron chi connectivity index (χ3n) is 3.15. The van der Waals surface area contributed by atoms with Crippen LogP contribution in [0.3, 0.4) is 0 Å². The number of aliphatic hydroxyl groups excluding tert-OH is 1. The first kappa shape index (κ1) is 19.4. The minimum absolute atomic E-state index is 0.0493. The number of hydrogen-bond acceptors (Lipinski definition) is 8. The number of aromatic hydroxyl groups is 1. The topological polar surface area (TPSA) is 104 Å². The number of alkyl halides is 3. The van der Waals surface area contributed by atoms with E-state index in [1.165, 1.54) is 18.5 Å². The fourth-order valence-electron chi connectivity index (χ4n) is 2.03. The minimum atomic E-state index is -4.58. The van der Waals surface area contributed by atoms with Gasteiger partial charge in [0.1, 0.15) is 16.9 Å². The van der Waals surface area contributed by atoms with Gasteiger partial charge in [-0.05, 0) is 12.8 Å². The van der Waals surface area contributed by atoms with E-state index in [-0.39, 0.29) is 28.9 Å². The fourth-order valence-corrected chi connectivity index (χ4v) is 2.03. The second-order valence-electron chi connectivity index (χ2n) is 5.17. The van der Waals surface area contributed by atoms with Crippen molar-refractivity contribution in [1.82, 2.24) is 19.9 Å². The molecule has 0 aromatic carbocycles. The Bertz CT molecular complexity index is 826. The van der Waals surface area contributed by atoms with Crippen LogP contribution in [-0.2, 0) is 0 Å². The van der Waals surface area contributed by atoms with E-state index in [1.54, 1.807) is 11.9 Å². The van der Waals surface area contributed by atoms with Crippen LogP contribution in [0, 0.1) is 0 Å². The Labute approximate surface area is 146 Å². The molecule has 11 heteroatoms. The maximum Gasteiger partial charge on any atom is 0.422 e. The summed E-state index contributed by atoms with van der Waals surface area (Å²) in [5.41, 5.74) is 0.455. The molecular weight excluding hydrogens is 355 g/mol. The van der Waals surface area contributed by atoms with Crippen LogP contribution < -0.4 is 4.74 Å². The maximum atomic E-state index is 12.3. The molecular formula is C15H16F3N5O3. The lowest BCUT2D eigenvalue weighted by molar-refractivity contribution is -0.154. The Hall–Kier alpha value is -2.95. The van der Waals surface area contributed by atoms with Crippen molar-refractivity contribution >= 4 is 23.3 Å². The molecule has 0 unspecified atom stereocenters. The standard InChI is InChI=1S/C15H16F3N5O3/c1-19-10(7-23(2)5-6-24)12-11-9(3-4-20-12)13(25)22-14(21-11)26-8-15(16,17)18/h3-4,7,24H,1,5-6,8H2,2H3,(H,21,22,25)/b10-7-. The van der Waals surface area contributed by atoms with Crippen molar-refractivity contribution in [2.75, 3.05) is 26.8 Å². The van der Waals surface area contributed by atoms with Crippen molar-refractivity contribution in [2.45, 2.75) is 6.18 Å². The number of aliphatic hydroxyl groups is 1. The van der Waals surface area contributed by atoms with Crippen molar-refractivity contribution in [3.05, 3.63) is 24.2 Å². The lowest BCUT2D eigenvalue weighted by Crippen LogP contribution is -2.20. The molecule has 0 radical (unpaired) electrons. The number of aliphatic imine (C=N–C) groups is 1. The van der Waals surface area contributed by atoms with Crippen LogP contribution in [0.25, 0.3) is 16.6 Å². The molecule has 2 heterocycles.